The number of hydrogen-bond donors (Lipinski definition) is 1. The highest BCUT2D eigenvalue weighted by molar-refractivity contribution is 5.70. The summed E-state index contributed by atoms with van der Waals surface area (Å²) in [6.45, 7) is 9.55. The van der Waals surface area contributed by atoms with Gasteiger partial charge in [-0.3, -0.25) is 4.90 Å². The molecule has 24 heavy (non-hydrogen) atoms. The van der Waals surface area contributed by atoms with E-state index in [0.29, 0.717) is 0 Å². The minimum Gasteiger partial charge on any atom is -0.444 e. The Bertz CT molecular complexity index is 502. The van der Waals surface area contributed by atoms with Gasteiger partial charge in [-0.05, 0) is 40.7 Å². The Hall–Kier alpha value is -1.35. The van der Waals surface area contributed by atoms with Crippen LogP contribution in [0.2, 0.25) is 0 Å². The van der Waals surface area contributed by atoms with E-state index >= 15 is 0 Å². The van der Waals surface area contributed by atoms with Crippen molar-refractivity contribution in [3.63, 3.8) is 0 Å². The van der Waals surface area contributed by atoms with E-state index in [2.05, 4.69) is 6.58 Å². The highest BCUT2D eigenvalue weighted by atomic mass is 19.3. The molecule has 1 aliphatic rings. The summed E-state index contributed by atoms with van der Waals surface area (Å²) in [5.74, 6) is -9.50. The molecule has 9 heteroatoms. The maximum Gasteiger partial charge on any atom is 0.412 e. The smallest absolute Gasteiger partial charge is 0.412 e. The van der Waals surface area contributed by atoms with Crippen LogP contribution in [-0.4, -0.2) is 58.0 Å². The second-order valence-corrected chi connectivity index (χ2v) is 7.07. The summed E-state index contributed by atoms with van der Waals surface area (Å²) in [5.41, 5.74) is -2.35. The Morgan fingerprint density at radius 3 is 2.29 bits per heavy atom. The van der Waals surface area contributed by atoms with Gasteiger partial charge in [-0.25, -0.2) is 4.79 Å². The van der Waals surface area contributed by atoms with Crippen molar-refractivity contribution in [2.75, 3.05) is 6.61 Å². The molecule has 2 atom stereocenters. The van der Waals surface area contributed by atoms with Crippen LogP contribution in [0.25, 0.3) is 0 Å². The lowest BCUT2D eigenvalue weighted by atomic mass is 9.98. The quantitative estimate of drug-likeness (QED) is 0.620. The highest BCUT2D eigenvalue weighted by Crippen LogP contribution is 2.42. The predicted octanol–water partition coefficient (Wildman–Crippen LogP) is 3.18. The molecule has 1 fully saturated rings. The topological polar surface area (TPSA) is 59.0 Å². The highest BCUT2D eigenvalue weighted by Gasteiger charge is 2.64. The number of halogens is 4. The molecule has 0 aromatic heterocycles. The fraction of sp³-hybridized carbons (Fsp3) is 0.800. The van der Waals surface area contributed by atoms with Gasteiger partial charge >= 0.3 is 17.9 Å². The van der Waals surface area contributed by atoms with E-state index in [4.69, 9.17) is 9.47 Å². The molecule has 0 aromatic rings. The summed E-state index contributed by atoms with van der Waals surface area (Å²) in [7, 11) is 0. The number of ether oxygens (including phenoxy) is 2. The molecule has 1 rings (SSSR count). The summed E-state index contributed by atoms with van der Waals surface area (Å²) >= 11 is 0. The van der Waals surface area contributed by atoms with Crippen LogP contribution in [0.3, 0.4) is 0 Å². The van der Waals surface area contributed by atoms with Crippen molar-refractivity contribution in [1.29, 1.82) is 0 Å². The number of allylic oxidation sites excluding steroid dienone is 1. The second kappa shape index (κ2) is 6.18. The zero-order chi connectivity index (χ0) is 19.1. The normalized spacial score (nSPS) is 23.1. The van der Waals surface area contributed by atoms with E-state index in [0.717, 1.165) is 4.90 Å². The van der Waals surface area contributed by atoms with Crippen LogP contribution in [-0.2, 0) is 9.47 Å². The van der Waals surface area contributed by atoms with E-state index in [9.17, 15) is 27.5 Å². The first-order valence-corrected chi connectivity index (χ1v) is 7.30. The molecule has 0 aromatic carbocycles. The monoisotopic (exact) mass is 357 g/mol. The van der Waals surface area contributed by atoms with Gasteiger partial charge in [0.1, 0.15) is 17.4 Å². The Morgan fingerprint density at radius 2 is 1.88 bits per heavy atom. The molecule has 0 unspecified atom stereocenters. The van der Waals surface area contributed by atoms with Crippen LogP contribution < -0.4 is 0 Å². The minimum absolute atomic E-state index is 0.241. The van der Waals surface area contributed by atoms with Gasteiger partial charge in [0.25, 0.3) is 0 Å². The SMILES string of the molecule is C=CC(F)(F)C(F)(F)[C@H](O)[C@@H]1COC(C)(C)N1C(=O)OC(C)(C)C. The Kier molecular flexibility index (Phi) is 5.33. The number of hydrogen-bond acceptors (Lipinski definition) is 4. The van der Waals surface area contributed by atoms with Gasteiger partial charge in [0.05, 0.1) is 12.6 Å². The van der Waals surface area contributed by atoms with Crippen molar-refractivity contribution >= 4 is 6.09 Å². The summed E-state index contributed by atoms with van der Waals surface area (Å²) in [5, 5.41) is 9.89. The van der Waals surface area contributed by atoms with Crippen LogP contribution in [0.4, 0.5) is 22.4 Å². The third kappa shape index (κ3) is 3.83. The van der Waals surface area contributed by atoms with Crippen molar-refractivity contribution in [3.8, 4) is 0 Å². The van der Waals surface area contributed by atoms with Gasteiger partial charge < -0.3 is 14.6 Å². The molecule has 0 aliphatic carbocycles. The molecule has 1 N–H and O–H groups in total. The van der Waals surface area contributed by atoms with Gasteiger partial charge in [0.15, 0.2) is 0 Å². The van der Waals surface area contributed by atoms with Gasteiger partial charge in [0.2, 0.25) is 0 Å². The zero-order valence-corrected chi connectivity index (χ0v) is 14.3. The number of amides is 1. The second-order valence-electron chi connectivity index (χ2n) is 7.07. The van der Waals surface area contributed by atoms with Crippen LogP contribution in [0.5, 0.6) is 0 Å². The predicted molar refractivity (Wildman–Crippen MR) is 78.0 cm³/mol. The van der Waals surface area contributed by atoms with Crippen LogP contribution in [0, 0.1) is 0 Å². The van der Waals surface area contributed by atoms with Crippen LogP contribution in [0.15, 0.2) is 12.7 Å². The first-order chi connectivity index (χ1) is 10.6. The van der Waals surface area contributed by atoms with E-state index in [1.807, 2.05) is 0 Å². The van der Waals surface area contributed by atoms with E-state index in [-0.39, 0.29) is 6.08 Å². The number of carbonyl (C=O) groups excluding carboxylic acids is 1. The van der Waals surface area contributed by atoms with Gasteiger partial charge in [-0.2, -0.15) is 17.6 Å². The first kappa shape index (κ1) is 20.7. The Morgan fingerprint density at radius 1 is 1.38 bits per heavy atom. The lowest BCUT2D eigenvalue weighted by Crippen LogP contribution is -2.60. The van der Waals surface area contributed by atoms with E-state index in [1.165, 1.54) is 13.8 Å². The molecule has 0 bridgehead atoms. The zero-order valence-electron chi connectivity index (χ0n) is 14.3. The largest absolute Gasteiger partial charge is 0.444 e. The molecule has 1 aliphatic heterocycles. The van der Waals surface area contributed by atoms with Crippen LogP contribution in [0.1, 0.15) is 34.6 Å². The molecule has 0 radical (unpaired) electrons. The lowest BCUT2D eigenvalue weighted by molar-refractivity contribution is -0.240. The molecular formula is C15H23F4NO4. The summed E-state index contributed by atoms with van der Waals surface area (Å²) in [4.78, 5) is 13.0. The van der Waals surface area contributed by atoms with E-state index < -0.39 is 48.0 Å². The van der Waals surface area contributed by atoms with Gasteiger partial charge in [-0.1, -0.05) is 6.58 Å². The lowest BCUT2D eigenvalue weighted by Gasteiger charge is -2.39. The maximum absolute atomic E-state index is 14.0. The van der Waals surface area contributed by atoms with Crippen molar-refractivity contribution in [1.82, 2.24) is 4.90 Å². The van der Waals surface area contributed by atoms with Crippen molar-refractivity contribution in [2.45, 2.75) is 69.9 Å². The molecule has 0 saturated carbocycles. The average Bonchev–Trinajstić information content (AvgIpc) is 2.71. The number of rotatable bonds is 4. The van der Waals surface area contributed by atoms with Crippen LogP contribution >= 0.6 is 0 Å². The van der Waals surface area contributed by atoms with Crippen molar-refractivity contribution in [3.05, 3.63) is 12.7 Å². The summed E-state index contributed by atoms with van der Waals surface area (Å²) in [6, 6.07) is -1.71. The number of aliphatic hydroxyl groups is 1. The molecule has 1 saturated heterocycles. The third-order valence-corrected chi connectivity index (χ3v) is 3.55. The van der Waals surface area contributed by atoms with Gasteiger partial charge in [0, 0.05) is 0 Å². The molecule has 5 nitrogen and oxygen atoms in total. The molecular weight excluding hydrogens is 334 g/mol. The summed E-state index contributed by atoms with van der Waals surface area (Å²) in [6.07, 6.45) is -4.17. The number of aliphatic hydroxyl groups excluding tert-OH is 1. The van der Waals surface area contributed by atoms with Crippen molar-refractivity contribution in [2.24, 2.45) is 0 Å². The molecule has 140 valence electrons. The first-order valence-electron chi connectivity index (χ1n) is 7.30. The third-order valence-electron chi connectivity index (χ3n) is 3.55. The fourth-order valence-corrected chi connectivity index (χ4v) is 2.31. The number of nitrogens with zero attached hydrogens (tertiary/aromatic N) is 1. The summed E-state index contributed by atoms with van der Waals surface area (Å²) < 4.78 is 65.1. The molecule has 1 heterocycles. The Balaban J connectivity index is 3.17. The Labute approximate surface area is 138 Å². The molecule has 1 amide bonds. The van der Waals surface area contributed by atoms with Crippen molar-refractivity contribution < 1.29 is 36.9 Å². The number of alkyl halides is 4. The number of carbonyl (C=O) groups is 1. The minimum atomic E-state index is -4.84. The molecule has 0 spiro atoms. The fourth-order valence-electron chi connectivity index (χ4n) is 2.31. The standard InChI is InChI=1S/C15H23F4NO4/c1-7-14(16,17)15(18,19)10(21)9-8-23-13(5,6)20(9)11(22)24-12(2,3)4/h7,9-10,21H,1,8H2,2-6H3/t9-,10+/m0/s1. The maximum atomic E-state index is 14.0. The van der Waals surface area contributed by atoms with E-state index in [1.54, 1.807) is 20.8 Å². The average molecular weight is 357 g/mol. The van der Waals surface area contributed by atoms with Gasteiger partial charge in [-0.15, -0.1) is 0 Å².